The van der Waals surface area contributed by atoms with Crippen LogP contribution in [0.25, 0.3) is 0 Å². The van der Waals surface area contributed by atoms with Gasteiger partial charge in [-0.3, -0.25) is 0 Å². The van der Waals surface area contributed by atoms with Gasteiger partial charge in [0.25, 0.3) is 0 Å². The zero-order valence-electron chi connectivity index (χ0n) is 9.34. The van der Waals surface area contributed by atoms with Gasteiger partial charge in [-0.1, -0.05) is 0 Å². The summed E-state index contributed by atoms with van der Waals surface area (Å²) in [5.41, 5.74) is 2.14. The molecule has 2 rings (SSSR count). The smallest absolute Gasteiger partial charge is 0.335 e. The van der Waals surface area contributed by atoms with Gasteiger partial charge in [0.05, 0.1) is 5.56 Å². The molecular weight excluding hydrogens is 236 g/mol. The van der Waals surface area contributed by atoms with Crippen LogP contribution < -0.4 is 4.74 Å². The summed E-state index contributed by atoms with van der Waals surface area (Å²) in [7, 11) is 0. The SMILES string of the molecule is Cc1cc(OCc2ccsc2)ccc1C(=O)O. The molecule has 0 atom stereocenters. The third-order valence-electron chi connectivity index (χ3n) is 2.41. The van der Waals surface area contributed by atoms with Gasteiger partial charge in [-0.15, -0.1) is 0 Å². The Morgan fingerprint density at radius 1 is 1.41 bits per heavy atom. The summed E-state index contributed by atoms with van der Waals surface area (Å²) in [6.07, 6.45) is 0. The van der Waals surface area contributed by atoms with Gasteiger partial charge in [0.15, 0.2) is 0 Å². The van der Waals surface area contributed by atoms with Crippen molar-refractivity contribution in [3.8, 4) is 5.75 Å². The molecule has 17 heavy (non-hydrogen) atoms. The molecule has 0 spiro atoms. The molecule has 4 heteroatoms. The number of thiophene rings is 1. The Kier molecular flexibility index (Phi) is 3.44. The highest BCUT2D eigenvalue weighted by molar-refractivity contribution is 7.07. The number of hydrogen-bond donors (Lipinski definition) is 1. The van der Waals surface area contributed by atoms with E-state index in [1.165, 1.54) is 0 Å². The first-order valence-electron chi connectivity index (χ1n) is 5.14. The summed E-state index contributed by atoms with van der Waals surface area (Å²) in [6.45, 7) is 2.27. The predicted octanol–water partition coefficient (Wildman–Crippen LogP) is 3.33. The lowest BCUT2D eigenvalue weighted by Crippen LogP contribution is -2.00. The molecular formula is C13H12O3S. The van der Waals surface area contributed by atoms with Crippen LogP contribution in [0.4, 0.5) is 0 Å². The lowest BCUT2D eigenvalue weighted by Gasteiger charge is -2.07. The molecule has 0 unspecified atom stereocenters. The van der Waals surface area contributed by atoms with Crippen LogP contribution in [-0.2, 0) is 6.61 Å². The molecule has 88 valence electrons. The molecule has 1 N–H and O–H groups in total. The van der Waals surface area contributed by atoms with E-state index >= 15 is 0 Å². The van der Waals surface area contributed by atoms with E-state index in [1.807, 2.05) is 16.8 Å². The number of rotatable bonds is 4. The normalized spacial score (nSPS) is 10.2. The Hall–Kier alpha value is -1.81. The van der Waals surface area contributed by atoms with E-state index < -0.39 is 5.97 Å². The molecule has 0 saturated carbocycles. The molecule has 0 radical (unpaired) electrons. The van der Waals surface area contributed by atoms with Crippen LogP contribution >= 0.6 is 11.3 Å². The van der Waals surface area contributed by atoms with Crippen LogP contribution in [0.2, 0.25) is 0 Å². The average Bonchev–Trinajstić information content (AvgIpc) is 2.78. The summed E-state index contributed by atoms with van der Waals surface area (Å²) in [5, 5.41) is 12.9. The fourth-order valence-corrected chi connectivity index (χ4v) is 2.16. The summed E-state index contributed by atoms with van der Waals surface area (Å²) in [6, 6.07) is 7.00. The Bertz CT molecular complexity index is 517. The Morgan fingerprint density at radius 2 is 2.24 bits per heavy atom. The van der Waals surface area contributed by atoms with Crippen LogP contribution in [0.15, 0.2) is 35.0 Å². The van der Waals surface area contributed by atoms with Gasteiger partial charge in [0.1, 0.15) is 12.4 Å². The van der Waals surface area contributed by atoms with Gasteiger partial charge in [-0.25, -0.2) is 4.79 Å². The third kappa shape index (κ3) is 2.85. The first-order chi connectivity index (χ1) is 8.16. The molecule has 0 aliphatic heterocycles. The number of carbonyl (C=O) groups is 1. The van der Waals surface area contributed by atoms with Crippen molar-refractivity contribution in [2.75, 3.05) is 0 Å². The third-order valence-corrected chi connectivity index (χ3v) is 3.15. The summed E-state index contributed by atoms with van der Waals surface area (Å²) >= 11 is 1.63. The largest absolute Gasteiger partial charge is 0.489 e. The average molecular weight is 248 g/mol. The number of ether oxygens (including phenoxy) is 1. The van der Waals surface area contributed by atoms with E-state index in [1.54, 1.807) is 36.5 Å². The molecule has 1 aromatic carbocycles. The van der Waals surface area contributed by atoms with E-state index in [4.69, 9.17) is 9.84 Å². The molecule has 0 amide bonds. The lowest BCUT2D eigenvalue weighted by molar-refractivity contribution is 0.0696. The molecule has 2 aromatic rings. The first kappa shape index (κ1) is 11.7. The fraction of sp³-hybridized carbons (Fsp3) is 0.154. The summed E-state index contributed by atoms with van der Waals surface area (Å²) in [5.74, 6) is -0.217. The highest BCUT2D eigenvalue weighted by atomic mass is 32.1. The van der Waals surface area contributed by atoms with Crippen molar-refractivity contribution >= 4 is 17.3 Å². The molecule has 0 aliphatic carbocycles. The van der Waals surface area contributed by atoms with E-state index in [0.717, 1.165) is 5.56 Å². The molecule has 0 bridgehead atoms. The van der Waals surface area contributed by atoms with E-state index in [9.17, 15) is 4.79 Å². The quantitative estimate of drug-likeness (QED) is 0.902. The van der Waals surface area contributed by atoms with Crippen LogP contribution in [0.1, 0.15) is 21.5 Å². The molecule has 0 fully saturated rings. The summed E-state index contributed by atoms with van der Waals surface area (Å²) < 4.78 is 5.58. The Labute approximate surface area is 103 Å². The van der Waals surface area contributed by atoms with Crippen molar-refractivity contribution in [2.45, 2.75) is 13.5 Å². The zero-order chi connectivity index (χ0) is 12.3. The van der Waals surface area contributed by atoms with Gasteiger partial charge in [0, 0.05) is 0 Å². The van der Waals surface area contributed by atoms with Gasteiger partial charge >= 0.3 is 5.97 Å². The minimum atomic E-state index is -0.910. The van der Waals surface area contributed by atoms with Crippen LogP contribution in [0.3, 0.4) is 0 Å². The van der Waals surface area contributed by atoms with Crippen LogP contribution in [0.5, 0.6) is 5.75 Å². The summed E-state index contributed by atoms with van der Waals surface area (Å²) in [4.78, 5) is 10.8. The monoisotopic (exact) mass is 248 g/mol. The second kappa shape index (κ2) is 5.01. The highest BCUT2D eigenvalue weighted by Gasteiger charge is 2.07. The molecule has 0 aliphatic rings. The number of carboxylic acids is 1. The van der Waals surface area contributed by atoms with Crippen molar-refractivity contribution in [1.82, 2.24) is 0 Å². The predicted molar refractivity (Wildman–Crippen MR) is 66.8 cm³/mol. The van der Waals surface area contributed by atoms with Gasteiger partial charge in [0.2, 0.25) is 0 Å². The standard InChI is InChI=1S/C13H12O3S/c1-9-6-11(2-3-12(9)13(14)15)16-7-10-4-5-17-8-10/h2-6,8H,7H2,1H3,(H,14,15). The Balaban J connectivity index is 2.07. The van der Waals surface area contributed by atoms with Crippen molar-refractivity contribution < 1.29 is 14.6 Å². The van der Waals surface area contributed by atoms with E-state index in [2.05, 4.69) is 0 Å². The van der Waals surface area contributed by atoms with Crippen LogP contribution in [-0.4, -0.2) is 11.1 Å². The van der Waals surface area contributed by atoms with Crippen molar-refractivity contribution in [2.24, 2.45) is 0 Å². The lowest BCUT2D eigenvalue weighted by atomic mass is 10.1. The molecule has 1 heterocycles. The zero-order valence-corrected chi connectivity index (χ0v) is 10.2. The molecule has 1 aromatic heterocycles. The van der Waals surface area contributed by atoms with Gasteiger partial charge in [-0.2, -0.15) is 11.3 Å². The number of hydrogen-bond acceptors (Lipinski definition) is 3. The Morgan fingerprint density at radius 3 is 2.82 bits per heavy atom. The topological polar surface area (TPSA) is 46.5 Å². The second-order valence-corrected chi connectivity index (χ2v) is 4.48. The van der Waals surface area contributed by atoms with Crippen molar-refractivity contribution in [3.63, 3.8) is 0 Å². The second-order valence-electron chi connectivity index (χ2n) is 3.70. The van der Waals surface area contributed by atoms with Crippen molar-refractivity contribution in [1.29, 1.82) is 0 Å². The maximum atomic E-state index is 10.8. The number of benzene rings is 1. The molecule has 3 nitrogen and oxygen atoms in total. The maximum absolute atomic E-state index is 10.8. The number of aromatic carboxylic acids is 1. The van der Waals surface area contributed by atoms with E-state index in [0.29, 0.717) is 23.5 Å². The molecule has 0 saturated heterocycles. The minimum Gasteiger partial charge on any atom is -0.489 e. The number of aryl methyl sites for hydroxylation is 1. The number of carboxylic acid groups (broad SMARTS) is 1. The highest BCUT2D eigenvalue weighted by Crippen LogP contribution is 2.19. The van der Waals surface area contributed by atoms with E-state index in [-0.39, 0.29) is 0 Å². The minimum absolute atomic E-state index is 0.313. The van der Waals surface area contributed by atoms with Crippen LogP contribution in [0, 0.1) is 6.92 Å². The van der Waals surface area contributed by atoms with Crippen molar-refractivity contribution in [3.05, 3.63) is 51.7 Å². The maximum Gasteiger partial charge on any atom is 0.335 e. The van der Waals surface area contributed by atoms with Gasteiger partial charge < -0.3 is 9.84 Å². The van der Waals surface area contributed by atoms with Gasteiger partial charge in [-0.05, 0) is 53.1 Å². The first-order valence-corrected chi connectivity index (χ1v) is 6.09. The fourth-order valence-electron chi connectivity index (χ4n) is 1.51.